The van der Waals surface area contributed by atoms with Gasteiger partial charge in [0.1, 0.15) is 5.75 Å². The zero-order valence-electron chi connectivity index (χ0n) is 15.2. The molecule has 9 nitrogen and oxygen atoms in total. The number of hydrogen-bond donors (Lipinski definition) is 1. The number of rotatable bonds is 7. The maximum absolute atomic E-state index is 11.2. The predicted molar refractivity (Wildman–Crippen MR) is 107 cm³/mol. The van der Waals surface area contributed by atoms with E-state index >= 15 is 0 Å². The van der Waals surface area contributed by atoms with Gasteiger partial charge in [0.2, 0.25) is 4.77 Å². The van der Waals surface area contributed by atoms with Crippen molar-refractivity contribution in [3.05, 3.63) is 62.9 Å². The Kier molecular flexibility index (Phi) is 5.80. The lowest BCUT2D eigenvalue weighted by atomic mass is 10.2. The van der Waals surface area contributed by atoms with Crippen LogP contribution >= 0.6 is 12.2 Å². The van der Waals surface area contributed by atoms with Crippen LogP contribution in [0.2, 0.25) is 0 Å². The molecular weight excluding hydrogens is 382 g/mol. The summed E-state index contributed by atoms with van der Waals surface area (Å²) < 4.78 is 12.4. The third-order valence-electron chi connectivity index (χ3n) is 3.80. The largest absolute Gasteiger partial charge is 0.493 e. The van der Waals surface area contributed by atoms with Crippen LogP contribution in [-0.4, -0.2) is 39.7 Å². The van der Waals surface area contributed by atoms with Crippen LogP contribution in [0, 0.1) is 14.9 Å². The van der Waals surface area contributed by atoms with E-state index in [1.165, 1.54) is 30.1 Å². The number of nitro benzene ring substituents is 1. The Bertz CT molecular complexity index is 1090. The first-order valence-corrected chi connectivity index (χ1v) is 8.72. The minimum Gasteiger partial charge on any atom is -0.493 e. The predicted octanol–water partition coefficient (Wildman–Crippen LogP) is 3.81. The Hall–Kier alpha value is -3.53. The summed E-state index contributed by atoms with van der Waals surface area (Å²) in [7, 11) is 1.38. The monoisotopic (exact) mass is 399 g/mol. The molecule has 2 aromatic carbocycles. The molecule has 1 N–H and O–H groups in total. The quantitative estimate of drug-likeness (QED) is 0.280. The fourth-order valence-corrected chi connectivity index (χ4v) is 2.74. The average molecular weight is 399 g/mol. The molecule has 1 aromatic heterocycles. The molecule has 0 aliphatic carbocycles. The van der Waals surface area contributed by atoms with E-state index in [1.54, 1.807) is 6.07 Å². The van der Waals surface area contributed by atoms with Crippen LogP contribution in [0.15, 0.2) is 47.6 Å². The molecule has 0 atom stereocenters. The highest BCUT2D eigenvalue weighted by Gasteiger charge is 2.15. The average Bonchev–Trinajstić information content (AvgIpc) is 3.07. The van der Waals surface area contributed by atoms with Crippen LogP contribution in [0.5, 0.6) is 11.5 Å². The topological polar surface area (TPSA) is 108 Å². The molecule has 3 aromatic rings. The van der Waals surface area contributed by atoms with Crippen LogP contribution < -0.4 is 9.47 Å². The van der Waals surface area contributed by atoms with Crippen molar-refractivity contribution in [1.82, 2.24) is 14.9 Å². The Morgan fingerprint density at radius 3 is 2.82 bits per heavy atom. The van der Waals surface area contributed by atoms with E-state index in [9.17, 15) is 10.1 Å². The zero-order chi connectivity index (χ0) is 20.1. The van der Waals surface area contributed by atoms with Crippen molar-refractivity contribution >= 4 is 24.1 Å². The van der Waals surface area contributed by atoms with Gasteiger partial charge in [-0.25, -0.2) is 5.10 Å². The van der Waals surface area contributed by atoms with Gasteiger partial charge >= 0.3 is 5.69 Å². The normalized spacial score (nSPS) is 10.9. The molecule has 144 valence electrons. The van der Waals surface area contributed by atoms with Crippen molar-refractivity contribution in [2.75, 3.05) is 13.7 Å². The number of ether oxygens (including phenoxy) is 2. The number of methoxy groups -OCH3 is 1. The number of para-hydroxylation sites is 1. The summed E-state index contributed by atoms with van der Waals surface area (Å²) in [5, 5.41) is 22.5. The highest BCUT2D eigenvalue weighted by Crippen LogP contribution is 2.29. The summed E-state index contributed by atoms with van der Waals surface area (Å²) in [6.07, 6.45) is 1.46. The first kappa shape index (κ1) is 19.2. The molecular formula is C18H17N5O4S. The summed E-state index contributed by atoms with van der Waals surface area (Å²) in [4.78, 5) is 10.7. The Labute approximate surface area is 165 Å². The fraction of sp³-hybridized carbons (Fsp3) is 0.167. The number of nitrogens with one attached hydrogen (secondary N) is 1. The van der Waals surface area contributed by atoms with Gasteiger partial charge in [0.05, 0.1) is 30.4 Å². The van der Waals surface area contributed by atoms with Crippen LogP contribution in [-0.2, 0) is 0 Å². The third kappa shape index (κ3) is 3.91. The Balaban J connectivity index is 2.01. The van der Waals surface area contributed by atoms with E-state index in [2.05, 4.69) is 15.3 Å². The molecule has 28 heavy (non-hydrogen) atoms. The summed E-state index contributed by atoms with van der Waals surface area (Å²) in [5.74, 6) is 1.29. The fourth-order valence-electron chi connectivity index (χ4n) is 2.56. The van der Waals surface area contributed by atoms with Crippen molar-refractivity contribution in [3.63, 3.8) is 0 Å². The van der Waals surface area contributed by atoms with Crippen LogP contribution in [0.3, 0.4) is 0 Å². The molecule has 0 radical (unpaired) electrons. The van der Waals surface area contributed by atoms with Crippen molar-refractivity contribution < 1.29 is 14.4 Å². The molecule has 0 fully saturated rings. The number of aromatic amines is 1. The number of hydrogen-bond acceptors (Lipinski definition) is 7. The highest BCUT2D eigenvalue weighted by atomic mass is 32.1. The van der Waals surface area contributed by atoms with Crippen molar-refractivity contribution in [3.8, 4) is 22.9 Å². The molecule has 0 aliphatic heterocycles. The number of nitrogens with zero attached hydrogens (tertiary/aromatic N) is 4. The molecule has 0 bridgehead atoms. The van der Waals surface area contributed by atoms with Gasteiger partial charge in [-0.1, -0.05) is 12.1 Å². The minimum atomic E-state index is -0.510. The first-order chi connectivity index (χ1) is 13.5. The van der Waals surface area contributed by atoms with Crippen molar-refractivity contribution in [2.45, 2.75) is 6.92 Å². The van der Waals surface area contributed by atoms with Gasteiger partial charge in [0.25, 0.3) is 0 Å². The van der Waals surface area contributed by atoms with Crippen molar-refractivity contribution in [1.29, 1.82) is 0 Å². The molecule has 0 aliphatic rings. The van der Waals surface area contributed by atoms with Gasteiger partial charge in [-0.2, -0.15) is 14.9 Å². The molecule has 0 spiro atoms. The van der Waals surface area contributed by atoms with E-state index < -0.39 is 4.92 Å². The number of aromatic nitrogens is 3. The summed E-state index contributed by atoms with van der Waals surface area (Å²) in [6, 6.07) is 11.9. The second-order valence-corrected chi connectivity index (χ2v) is 5.91. The minimum absolute atomic E-state index is 0.149. The Morgan fingerprint density at radius 1 is 1.32 bits per heavy atom. The molecule has 3 rings (SSSR count). The van der Waals surface area contributed by atoms with Gasteiger partial charge in [-0.05, 0) is 43.4 Å². The number of nitro groups is 1. The van der Waals surface area contributed by atoms with Gasteiger partial charge in [-0.3, -0.25) is 10.1 Å². The van der Waals surface area contributed by atoms with E-state index in [-0.39, 0.29) is 16.2 Å². The van der Waals surface area contributed by atoms with Gasteiger partial charge < -0.3 is 9.47 Å². The molecule has 0 amide bonds. The van der Waals surface area contributed by atoms with Crippen LogP contribution in [0.4, 0.5) is 5.69 Å². The molecule has 0 saturated heterocycles. The molecule has 10 heteroatoms. The number of benzene rings is 2. The second-order valence-electron chi connectivity index (χ2n) is 5.53. The smallest absolute Gasteiger partial charge is 0.311 e. The molecule has 0 unspecified atom stereocenters. The second kappa shape index (κ2) is 8.44. The van der Waals surface area contributed by atoms with Gasteiger partial charge in [-0.15, -0.1) is 0 Å². The summed E-state index contributed by atoms with van der Waals surface area (Å²) in [6.45, 7) is 2.39. The van der Waals surface area contributed by atoms with E-state index in [4.69, 9.17) is 21.7 Å². The summed E-state index contributed by atoms with van der Waals surface area (Å²) >= 11 is 5.27. The lowest BCUT2D eigenvalue weighted by molar-refractivity contribution is -0.385. The standard InChI is InChI=1S/C18H17N5O4S/c1-3-27-15-7-5-4-6-13(15)17-20-21-18(28)22(17)19-11-12-8-9-16(26-2)14(10-12)23(24)25/h4-11H,3H2,1-2H3,(H,21,28)/b19-11-. The van der Waals surface area contributed by atoms with E-state index in [0.29, 0.717) is 23.7 Å². The Morgan fingerprint density at radius 2 is 2.11 bits per heavy atom. The molecule has 1 heterocycles. The maximum atomic E-state index is 11.2. The van der Waals surface area contributed by atoms with E-state index in [1.807, 2.05) is 31.2 Å². The van der Waals surface area contributed by atoms with E-state index in [0.717, 1.165) is 5.56 Å². The number of H-pyrrole nitrogens is 1. The SMILES string of the molecule is CCOc1ccccc1-c1n[nH]c(=S)n1/N=C\c1ccc(OC)c([N+](=O)[O-])c1. The maximum Gasteiger partial charge on any atom is 0.311 e. The zero-order valence-corrected chi connectivity index (χ0v) is 16.0. The van der Waals surface area contributed by atoms with Gasteiger partial charge in [0, 0.05) is 11.6 Å². The first-order valence-electron chi connectivity index (χ1n) is 8.31. The van der Waals surface area contributed by atoms with Crippen LogP contribution in [0.1, 0.15) is 12.5 Å². The highest BCUT2D eigenvalue weighted by molar-refractivity contribution is 7.71. The van der Waals surface area contributed by atoms with Crippen LogP contribution in [0.25, 0.3) is 11.4 Å². The lowest BCUT2D eigenvalue weighted by Crippen LogP contribution is -1.99. The third-order valence-corrected chi connectivity index (χ3v) is 4.06. The lowest BCUT2D eigenvalue weighted by Gasteiger charge is -2.08. The molecule has 0 saturated carbocycles. The van der Waals surface area contributed by atoms with Gasteiger partial charge in [0.15, 0.2) is 11.6 Å². The van der Waals surface area contributed by atoms with Crippen molar-refractivity contribution in [2.24, 2.45) is 5.10 Å². The summed E-state index contributed by atoms with van der Waals surface area (Å²) in [5.41, 5.74) is 1.08.